The maximum atomic E-state index is 14.6. The smallest absolute Gasteiger partial charge is 0.250 e. The number of pyridine rings is 1. The van der Waals surface area contributed by atoms with Gasteiger partial charge in [0.25, 0.3) is 5.91 Å². The van der Waals surface area contributed by atoms with Gasteiger partial charge in [-0.3, -0.25) is 9.48 Å². The highest BCUT2D eigenvalue weighted by Crippen LogP contribution is 2.37. The van der Waals surface area contributed by atoms with Crippen LogP contribution >= 0.6 is 0 Å². The molecular formula is C25H28FN7O2. The van der Waals surface area contributed by atoms with Crippen molar-refractivity contribution in [1.82, 2.24) is 19.2 Å². The van der Waals surface area contributed by atoms with Crippen LogP contribution in [0.15, 0.2) is 36.8 Å². The third-order valence-corrected chi connectivity index (χ3v) is 7.31. The zero-order valence-corrected chi connectivity index (χ0v) is 19.8. The van der Waals surface area contributed by atoms with Gasteiger partial charge < -0.3 is 24.7 Å². The summed E-state index contributed by atoms with van der Waals surface area (Å²) in [5.74, 6) is -0.798. The van der Waals surface area contributed by atoms with Crippen molar-refractivity contribution < 1.29 is 13.9 Å². The number of halogens is 1. The number of piperazine rings is 1. The second-order valence-electron chi connectivity index (χ2n) is 9.48. The lowest BCUT2D eigenvalue weighted by molar-refractivity contribution is 0.00269. The quantitative estimate of drug-likeness (QED) is 0.475. The van der Waals surface area contributed by atoms with Crippen molar-refractivity contribution in [2.24, 2.45) is 5.73 Å². The van der Waals surface area contributed by atoms with Crippen LogP contribution in [-0.2, 0) is 4.74 Å². The van der Waals surface area contributed by atoms with Crippen LogP contribution in [0.3, 0.4) is 0 Å². The maximum Gasteiger partial charge on any atom is 0.250 e. The van der Waals surface area contributed by atoms with Crippen LogP contribution in [0.4, 0.5) is 15.8 Å². The average molecular weight is 478 g/mol. The van der Waals surface area contributed by atoms with Gasteiger partial charge in [-0.25, -0.2) is 9.37 Å². The molecule has 182 valence electrons. The molecule has 2 aliphatic rings. The van der Waals surface area contributed by atoms with Gasteiger partial charge in [0, 0.05) is 69.0 Å². The minimum Gasteiger partial charge on any atom is -0.381 e. The summed E-state index contributed by atoms with van der Waals surface area (Å²) >= 11 is 0. The fourth-order valence-electron chi connectivity index (χ4n) is 5.26. The lowest BCUT2D eigenvalue weighted by Gasteiger charge is -2.37. The molecule has 35 heavy (non-hydrogen) atoms. The number of carbonyl (C=O) groups is 1. The number of imidazole rings is 1. The molecule has 2 N–H and O–H groups in total. The molecule has 0 spiro atoms. The van der Waals surface area contributed by atoms with Crippen molar-refractivity contribution in [2.45, 2.75) is 31.9 Å². The number of benzene rings is 1. The van der Waals surface area contributed by atoms with Crippen LogP contribution in [-0.4, -0.2) is 64.5 Å². The predicted molar refractivity (Wildman–Crippen MR) is 132 cm³/mol. The summed E-state index contributed by atoms with van der Waals surface area (Å²) in [7, 11) is 1.73. The lowest BCUT2D eigenvalue weighted by Crippen LogP contribution is -2.46. The van der Waals surface area contributed by atoms with Gasteiger partial charge in [-0.2, -0.15) is 5.10 Å². The number of methoxy groups -OCH3 is 1. The highest BCUT2D eigenvalue weighted by Gasteiger charge is 2.32. The van der Waals surface area contributed by atoms with E-state index in [1.54, 1.807) is 23.6 Å². The molecular weight excluding hydrogens is 449 g/mol. The zero-order chi connectivity index (χ0) is 24.3. The minimum absolute atomic E-state index is 0.255. The summed E-state index contributed by atoms with van der Waals surface area (Å²) in [5.41, 5.74) is 9.74. The number of nitrogens with zero attached hydrogens (tertiary/aromatic N) is 6. The number of nitrogens with two attached hydrogens (primary N) is 1. The first-order valence-corrected chi connectivity index (χ1v) is 11.9. The third kappa shape index (κ3) is 3.68. The molecule has 4 heterocycles. The number of anilines is 2. The van der Waals surface area contributed by atoms with Crippen molar-refractivity contribution >= 4 is 33.8 Å². The molecule has 0 radical (unpaired) electrons. The summed E-state index contributed by atoms with van der Waals surface area (Å²) in [6, 6.07) is 5.55. The normalized spacial score (nSPS) is 20.5. The van der Waals surface area contributed by atoms with Gasteiger partial charge in [0.05, 0.1) is 29.1 Å². The number of amides is 1. The Morgan fingerprint density at radius 1 is 1.11 bits per heavy atom. The van der Waals surface area contributed by atoms with Gasteiger partial charge in [-0.15, -0.1) is 0 Å². The largest absolute Gasteiger partial charge is 0.381 e. The van der Waals surface area contributed by atoms with E-state index in [-0.39, 0.29) is 18.0 Å². The standard InChI is InChI=1S/C25H28FN7O2/c1-15-12-32-13-17(11-21(26)25(32)28-15)30-5-7-31(8-6-30)22-4-3-19(24(27)34)23-20(22)14-33(29-23)16-9-18(10-16)35-2/h3-4,11-14,16,18H,5-10H2,1-2H3,(H2,27,34). The van der Waals surface area contributed by atoms with Crippen LogP contribution in [0.5, 0.6) is 0 Å². The molecule has 1 aliphatic heterocycles. The molecule has 0 unspecified atom stereocenters. The van der Waals surface area contributed by atoms with E-state index in [9.17, 15) is 9.18 Å². The molecule has 1 saturated heterocycles. The Kier molecular flexibility index (Phi) is 5.14. The van der Waals surface area contributed by atoms with E-state index in [1.165, 1.54) is 0 Å². The molecule has 10 heteroatoms. The summed E-state index contributed by atoms with van der Waals surface area (Å²) in [4.78, 5) is 20.8. The molecule has 3 aromatic heterocycles. The van der Waals surface area contributed by atoms with Gasteiger partial charge in [0.1, 0.15) is 5.52 Å². The monoisotopic (exact) mass is 477 g/mol. The zero-order valence-electron chi connectivity index (χ0n) is 19.8. The van der Waals surface area contributed by atoms with E-state index in [0.717, 1.165) is 61.5 Å². The number of hydrogen-bond acceptors (Lipinski definition) is 6. The SMILES string of the molecule is COC1CC(n2cc3c(N4CCN(c5cc(F)c6nc(C)cn6c5)CC4)ccc(C(N)=O)c3n2)C1. The number of hydrogen-bond donors (Lipinski definition) is 1. The number of primary amides is 1. The van der Waals surface area contributed by atoms with Crippen molar-refractivity contribution in [3.8, 4) is 0 Å². The van der Waals surface area contributed by atoms with E-state index in [1.807, 2.05) is 36.3 Å². The molecule has 6 rings (SSSR count). The van der Waals surface area contributed by atoms with Crippen LogP contribution in [0.2, 0.25) is 0 Å². The molecule has 1 saturated carbocycles. The Morgan fingerprint density at radius 2 is 1.86 bits per heavy atom. The van der Waals surface area contributed by atoms with E-state index in [0.29, 0.717) is 16.7 Å². The predicted octanol–water partition coefficient (Wildman–Crippen LogP) is 2.91. The van der Waals surface area contributed by atoms with Gasteiger partial charge >= 0.3 is 0 Å². The topological polar surface area (TPSA) is 93.9 Å². The minimum atomic E-state index is -0.479. The van der Waals surface area contributed by atoms with Crippen molar-refractivity contribution in [3.63, 3.8) is 0 Å². The molecule has 9 nitrogen and oxygen atoms in total. The number of carbonyl (C=O) groups excluding carboxylic acids is 1. The Hall–Kier alpha value is -3.66. The highest BCUT2D eigenvalue weighted by atomic mass is 19.1. The van der Waals surface area contributed by atoms with Crippen molar-refractivity contribution in [3.05, 3.63) is 53.9 Å². The Bertz CT molecular complexity index is 1430. The van der Waals surface area contributed by atoms with E-state index >= 15 is 0 Å². The number of aromatic nitrogens is 4. The van der Waals surface area contributed by atoms with E-state index in [2.05, 4.69) is 14.8 Å². The molecule has 1 aliphatic carbocycles. The molecule has 1 aromatic carbocycles. The Labute approximate surface area is 201 Å². The van der Waals surface area contributed by atoms with Gasteiger partial charge in [0.2, 0.25) is 0 Å². The fourth-order valence-corrected chi connectivity index (χ4v) is 5.26. The molecule has 0 atom stereocenters. The molecule has 0 bridgehead atoms. The first kappa shape index (κ1) is 21.8. The summed E-state index contributed by atoms with van der Waals surface area (Å²) in [6.07, 6.45) is 7.87. The number of rotatable bonds is 5. The number of aryl methyl sites for hydroxylation is 1. The first-order chi connectivity index (χ1) is 16.9. The van der Waals surface area contributed by atoms with Gasteiger partial charge in [-0.05, 0) is 31.9 Å². The first-order valence-electron chi connectivity index (χ1n) is 11.9. The van der Waals surface area contributed by atoms with Crippen LogP contribution in [0.1, 0.15) is 34.9 Å². The van der Waals surface area contributed by atoms with E-state index < -0.39 is 5.91 Å². The Balaban J connectivity index is 1.26. The van der Waals surface area contributed by atoms with Crippen molar-refractivity contribution in [1.29, 1.82) is 0 Å². The molecule has 4 aromatic rings. The van der Waals surface area contributed by atoms with Gasteiger partial charge in [0.15, 0.2) is 11.5 Å². The number of ether oxygens (including phenoxy) is 1. The summed E-state index contributed by atoms with van der Waals surface area (Å²) < 4.78 is 23.7. The highest BCUT2D eigenvalue weighted by molar-refractivity contribution is 6.08. The van der Waals surface area contributed by atoms with Crippen LogP contribution < -0.4 is 15.5 Å². The third-order valence-electron chi connectivity index (χ3n) is 7.31. The lowest BCUT2D eigenvalue weighted by atomic mass is 9.89. The fraction of sp³-hybridized carbons (Fsp3) is 0.400. The van der Waals surface area contributed by atoms with Gasteiger partial charge in [-0.1, -0.05) is 0 Å². The number of fused-ring (bicyclic) bond motifs is 2. The Morgan fingerprint density at radius 3 is 2.57 bits per heavy atom. The van der Waals surface area contributed by atoms with Crippen molar-refractivity contribution in [2.75, 3.05) is 43.1 Å². The van der Waals surface area contributed by atoms with E-state index in [4.69, 9.17) is 15.6 Å². The van der Waals surface area contributed by atoms with Crippen LogP contribution in [0, 0.1) is 12.7 Å². The van der Waals surface area contributed by atoms with Crippen LogP contribution in [0.25, 0.3) is 16.6 Å². The summed E-state index contributed by atoms with van der Waals surface area (Å²) in [6.45, 7) is 4.86. The average Bonchev–Trinajstić information content (AvgIpc) is 3.41. The molecule has 2 fully saturated rings. The summed E-state index contributed by atoms with van der Waals surface area (Å²) in [5, 5.41) is 5.68. The second kappa shape index (κ2) is 8.23. The maximum absolute atomic E-state index is 14.6. The second-order valence-corrected chi connectivity index (χ2v) is 9.48. The molecule has 1 amide bonds.